The molecule has 0 bridgehead atoms. The molecule has 74 valence electrons. The standard InChI is InChI=1S/C9H10N2O3/c1-14-9(12)8(11-13)6-2-4-7(10)5-3-6/h2-5,13H,10H2,1H3/b11-8+. The van der Waals surface area contributed by atoms with Crippen molar-refractivity contribution in [2.45, 2.75) is 0 Å². The third-order valence-corrected chi connectivity index (χ3v) is 1.66. The maximum atomic E-state index is 11.1. The van der Waals surface area contributed by atoms with Crippen molar-refractivity contribution in [3.8, 4) is 0 Å². The number of methoxy groups -OCH3 is 1. The number of carbonyl (C=O) groups is 1. The maximum absolute atomic E-state index is 11.1. The van der Waals surface area contributed by atoms with Gasteiger partial charge in [-0.05, 0) is 12.1 Å². The molecule has 0 aliphatic rings. The second-order valence-corrected chi connectivity index (χ2v) is 2.56. The average Bonchev–Trinajstić information content (AvgIpc) is 2.21. The SMILES string of the molecule is COC(=O)/C(=N/O)c1ccc(N)cc1. The Labute approximate surface area is 80.8 Å². The Kier molecular flexibility index (Phi) is 3.06. The van der Waals surface area contributed by atoms with Gasteiger partial charge in [-0.2, -0.15) is 0 Å². The first kappa shape index (κ1) is 10.0. The molecule has 0 amide bonds. The number of esters is 1. The highest BCUT2D eigenvalue weighted by Gasteiger charge is 2.14. The summed E-state index contributed by atoms with van der Waals surface area (Å²) < 4.78 is 4.43. The Balaban J connectivity index is 3.03. The highest BCUT2D eigenvalue weighted by molar-refractivity contribution is 6.43. The van der Waals surface area contributed by atoms with Crippen LogP contribution >= 0.6 is 0 Å². The summed E-state index contributed by atoms with van der Waals surface area (Å²) in [5, 5.41) is 11.5. The number of ether oxygens (including phenoxy) is 1. The van der Waals surface area contributed by atoms with E-state index in [0.29, 0.717) is 11.3 Å². The lowest BCUT2D eigenvalue weighted by atomic mass is 10.1. The van der Waals surface area contributed by atoms with Crippen LogP contribution in [-0.4, -0.2) is 24.0 Å². The predicted molar refractivity (Wildman–Crippen MR) is 51.2 cm³/mol. The van der Waals surface area contributed by atoms with Crippen LogP contribution in [0, 0.1) is 0 Å². The molecule has 5 heteroatoms. The van der Waals surface area contributed by atoms with Crippen molar-refractivity contribution >= 4 is 17.4 Å². The van der Waals surface area contributed by atoms with E-state index in [1.807, 2.05) is 0 Å². The first-order valence-corrected chi connectivity index (χ1v) is 3.85. The van der Waals surface area contributed by atoms with Crippen molar-refractivity contribution < 1.29 is 14.7 Å². The molecular weight excluding hydrogens is 184 g/mol. The van der Waals surface area contributed by atoms with Crippen LogP contribution in [0.15, 0.2) is 29.4 Å². The number of anilines is 1. The number of nitrogens with zero attached hydrogens (tertiary/aromatic N) is 1. The first-order valence-electron chi connectivity index (χ1n) is 3.85. The first-order chi connectivity index (χ1) is 6.69. The lowest BCUT2D eigenvalue weighted by molar-refractivity contribution is -0.132. The molecule has 0 radical (unpaired) electrons. The van der Waals surface area contributed by atoms with E-state index in [-0.39, 0.29) is 5.71 Å². The van der Waals surface area contributed by atoms with Gasteiger partial charge in [-0.1, -0.05) is 17.3 Å². The van der Waals surface area contributed by atoms with Gasteiger partial charge in [0.15, 0.2) is 5.71 Å². The third-order valence-electron chi connectivity index (χ3n) is 1.66. The molecule has 0 aliphatic carbocycles. The molecule has 0 unspecified atom stereocenters. The Hall–Kier alpha value is -2.04. The van der Waals surface area contributed by atoms with Crippen LogP contribution in [0.1, 0.15) is 5.56 Å². The molecule has 0 aliphatic heterocycles. The van der Waals surface area contributed by atoms with Crippen molar-refractivity contribution in [1.29, 1.82) is 0 Å². The van der Waals surface area contributed by atoms with Gasteiger partial charge in [0.05, 0.1) is 7.11 Å². The van der Waals surface area contributed by atoms with Crippen LogP contribution in [0.5, 0.6) is 0 Å². The van der Waals surface area contributed by atoms with Gasteiger partial charge in [0.25, 0.3) is 0 Å². The molecule has 1 aromatic rings. The summed E-state index contributed by atoms with van der Waals surface area (Å²) in [6, 6.07) is 6.34. The molecule has 14 heavy (non-hydrogen) atoms. The van der Waals surface area contributed by atoms with Gasteiger partial charge in [-0.25, -0.2) is 4.79 Å². The zero-order valence-corrected chi connectivity index (χ0v) is 7.60. The quantitative estimate of drug-likeness (QED) is 0.237. The summed E-state index contributed by atoms with van der Waals surface area (Å²) in [7, 11) is 1.21. The largest absolute Gasteiger partial charge is 0.464 e. The van der Waals surface area contributed by atoms with Crippen LogP contribution in [0.4, 0.5) is 5.69 Å². The van der Waals surface area contributed by atoms with Crippen molar-refractivity contribution in [2.75, 3.05) is 12.8 Å². The van der Waals surface area contributed by atoms with Gasteiger partial charge >= 0.3 is 5.97 Å². The fraction of sp³-hybridized carbons (Fsp3) is 0.111. The maximum Gasteiger partial charge on any atom is 0.360 e. The van der Waals surface area contributed by atoms with Gasteiger partial charge in [-0.15, -0.1) is 0 Å². The Bertz CT molecular complexity index is 357. The van der Waals surface area contributed by atoms with E-state index in [0.717, 1.165) is 0 Å². The van der Waals surface area contributed by atoms with E-state index in [1.54, 1.807) is 24.3 Å². The lowest BCUT2D eigenvalue weighted by Crippen LogP contribution is -2.17. The topological polar surface area (TPSA) is 84.9 Å². The lowest BCUT2D eigenvalue weighted by Gasteiger charge is -2.02. The highest BCUT2D eigenvalue weighted by atomic mass is 16.5. The molecule has 3 N–H and O–H groups in total. The number of oxime groups is 1. The van der Waals surface area contributed by atoms with E-state index >= 15 is 0 Å². The van der Waals surface area contributed by atoms with Gasteiger partial charge in [0.2, 0.25) is 0 Å². The molecular formula is C9H10N2O3. The van der Waals surface area contributed by atoms with E-state index in [1.165, 1.54) is 7.11 Å². The molecule has 0 atom stereocenters. The number of nitrogen functional groups attached to an aromatic ring is 1. The summed E-state index contributed by atoms with van der Waals surface area (Å²) in [5.41, 5.74) is 6.33. The fourth-order valence-corrected chi connectivity index (χ4v) is 0.954. The minimum absolute atomic E-state index is 0.146. The molecule has 1 aromatic carbocycles. The summed E-state index contributed by atoms with van der Waals surface area (Å²) in [6.45, 7) is 0. The van der Waals surface area contributed by atoms with Gasteiger partial charge in [-0.3, -0.25) is 0 Å². The Morgan fingerprint density at radius 3 is 2.43 bits per heavy atom. The van der Waals surface area contributed by atoms with E-state index in [4.69, 9.17) is 10.9 Å². The minimum Gasteiger partial charge on any atom is -0.464 e. The normalized spacial score (nSPS) is 11.1. The second kappa shape index (κ2) is 4.27. The van der Waals surface area contributed by atoms with Crippen LogP contribution in [0.2, 0.25) is 0 Å². The Morgan fingerprint density at radius 1 is 1.43 bits per heavy atom. The summed E-state index contributed by atoms with van der Waals surface area (Å²) >= 11 is 0. The molecule has 0 heterocycles. The van der Waals surface area contributed by atoms with E-state index < -0.39 is 5.97 Å². The monoisotopic (exact) mass is 194 g/mol. The highest BCUT2D eigenvalue weighted by Crippen LogP contribution is 2.07. The summed E-state index contributed by atoms with van der Waals surface area (Å²) in [6.07, 6.45) is 0. The van der Waals surface area contributed by atoms with Gasteiger partial charge in [0.1, 0.15) is 0 Å². The van der Waals surface area contributed by atoms with Crippen LogP contribution in [-0.2, 0) is 9.53 Å². The number of rotatable bonds is 2. The van der Waals surface area contributed by atoms with Crippen molar-refractivity contribution in [3.63, 3.8) is 0 Å². The third kappa shape index (κ3) is 2.01. The number of hydrogen-bond acceptors (Lipinski definition) is 5. The molecule has 0 aromatic heterocycles. The molecule has 0 saturated carbocycles. The zero-order chi connectivity index (χ0) is 10.6. The predicted octanol–water partition coefficient (Wildman–Crippen LogP) is 0.620. The van der Waals surface area contributed by atoms with Crippen molar-refractivity contribution in [2.24, 2.45) is 5.16 Å². The van der Waals surface area contributed by atoms with E-state index in [9.17, 15) is 4.79 Å². The number of benzene rings is 1. The number of hydrogen-bond donors (Lipinski definition) is 2. The minimum atomic E-state index is -0.697. The Morgan fingerprint density at radius 2 is 2.00 bits per heavy atom. The molecule has 0 saturated heterocycles. The summed E-state index contributed by atoms with van der Waals surface area (Å²) in [4.78, 5) is 11.1. The van der Waals surface area contributed by atoms with Crippen LogP contribution in [0.3, 0.4) is 0 Å². The number of carbonyl (C=O) groups excluding carboxylic acids is 1. The fourth-order valence-electron chi connectivity index (χ4n) is 0.954. The van der Waals surface area contributed by atoms with Gasteiger partial charge in [0, 0.05) is 11.3 Å². The molecule has 1 rings (SSSR count). The van der Waals surface area contributed by atoms with Crippen LogP contribution in [0.25, 0.3) is 0 Å². The smallest absolute Gasteiger partial charge is 0.360 e. The summed E-state index contributed by atoms with van der Waals surface area (Å²) in [5.74, 6) is -0.697. The van der Waals surface area contributed by atoms with Crippen molar-refractivity contribution in [1.82, 2.24) is 0 Å². The second-order valence-electron chi connectivity index (χ2n) is 2.56. The van der Waals surface area contributed by atoms with E-state index in [2.05, 4.69) is 9.89 Å². The van der Waals surface area contributed by atoms with Crippen molar-refractivity contribution in [3.05, 3.63) is 29.8 Å². The zero-order valence-electron chi connectivity index (χ0n) is 7.60. The van der Waals surface area contributed by atoms with Crippen LogP contribution < -0.4 is 5.73 Å². The molecule has 0 fully saturated rings. The molecule has 5 nitrogen and oxygen atoms in total. The number of nitrogens with two attached hydrogens (primary N) is 1. The molecule has 0 spiro atoms. The average molecular weight is 194 g/mol. The van der Waals surface area contributed by atoms with Gasteiger partial charge < -0.3 is 15.7 Å².